The molecule has 1 saturated heterocycles. The first-order chi connectivity index (χ1) is 13.0. The summed E-state index contributed by atoms with van der Waals surface area (Å²) in [7, 11) is 4.02. The van der Waals surface area contributed by atoms with Crippen molar-refractivity contribution in [3.63, 3.8) is 0 Å². The van der Waals surface area contributed by atoms with Gasteiger partial charge in [-0.15, -0.1) is 0 Å². The molecule has 0 amide bonds. The first-order valence-electron chi connectivity index (χ1n) is 9.73. The van der Waals surface area contributed by atoms with Gasteiger partial charge in [-0.05, 0) is 44.4 Å². The number of benzene rings is 1. The largest absolute Gasteiger partial charge is 0.373 e. The fourth-order valence-corrected chi connectivity index (χ4v) is 3.34. The Balaban J connectivity index is 1.80. The second-order valence-electron chi connectivity index (χ2n) is 7.50. The molecule has 1 aliphatic rings. The highest BCUT2D eigenvalue weighted by Gasteiger charge is 2.29. The number of para-hydroxylation sites is 1. The molecule has 1 atom stereocenters. The Hall–Kier alpha value is -2.34. The third-order valence-corrected chi connectivity index (χ3v) is 4.93. The average molecular weight is 370 g/mol. The van der Waals surface area contributed by atoms with Crippen LogP contribution in [0.4, 0.5) is 5.82 Å². The number of anilines is 1. The Morgan fingerprint density at radius 3 is 2.81 bits per heavy atom. The van der Waals surface area contributed by atoms with Crippen molar-refractivity contribution in [1.29, 1.82) is 0 Å². The monoisotopic (exact) mass is 369 g/mol. The van der Waals surface area contributed by atoms with Crippen molar-refractivity contribution in [2.75, 3.05) is 38.7 Å². The highest BCUT2D eigenvalue weighted by molar-refractivity contribution is 5.85. The maximum Gasteiger partial charge on any atom is 0.191 e. The lowest BCUT2D eigenvalue weighted by Gasteiger charge is -2.24. The Bertz CT molecular complexity index is 796. The molecule has 2 aromatic rings. The zero-order chi connectivity index (χ0) is 19.3. The van der Waals surface area contributed by atoms with Crippen molar-refractivity contribution in [3.05, 3.63) is 35.9 Å². The van der Waals surface area contributed by atoms with Crippen LogP contribution in [0.3, 0.4) is 0 Å². The fourth-order valence-electron chi connectivity index (χ4n) is 3.34. The molecule has 146 valence electrons. The summed E-state index contributed by atoms with van der Waals surface area (Å²) in [6.45, 7) is 7.27. The number of hydrogen-bond acceptors (Lipinski definition) is 4. The van der Waals surface area contributed by atoms with Crippen LogP contribution >= 0.6 is 0 Å². The Labute approximate surface area is 162 Å². The van der Waals surface area contributed by atoms with Gasteiger partial charge in [0.15, 0.2) is 5.96 Å². The van der Waals surface area contributed by atoms with Crippen LogP contribution in [0.2, 0.25) is 0 Å². The Morgan fingerprint density at radius 2 is 2.11 bits per heavy atom. The lowest BCUT2D eigenvalue weighted by Crippen LogP contribution is -2.45. The standard InChI is InChI=1S/C21H31N5O/c1-5-22-20(24-15-21(2)11-8-12-27-21)23-14-16-13-19(26(3)4)25-18-10-7-6-9-17(16)18/h6-7,9-10,13H,5,8,11-12,14-15H2,1-4H3,(H2,22,23,24). The number of guanidine groups is 1. The molecule has 27 heavy (non-hydrogen) atoms. The molecule has 1 aliphatic heterocycles. The van der Waals surface area contributed by atoms with Gasteiger partial charge in [0, 0.05) is 39.2 Å². The number of nitrogens with zero attached hydrogens (tertiary/aromatic N) is 3. The third kappa shape index (κ3) is 4.89. The van der Waals surface area contributed by atoms with Crippen LogP contribution in [0.5, 0.6) is 0 Å². The van der Waals surface area contributed by atoms with Crippen LogP contribution in [0, 0.1) is 0 Å². The number of ether oxygens (including phenoxy) is 1. The minimum atomic E-state index is -0.0996. The SMILES string of the molecule is CCNC(=NCc1cc(N(C)C)nc2ccccc12)NCC1(C)CCCO1. The smallest absolute Gasteiger partial charge is 0.191 e. The highest BCUT2D eigenvalue weighted by atomic mass is 16.5. The van der Waals surface area contributed by atoms with Crippen LogP contribution in [0.15, 0.2) is 35.3 Å². The van der Waals surface area contributed by atoms with Crippen molar-refractivity contribution >= 4 is 22.7 Å². The molecule has 1 fully saturated rings. The lowest BCUT2D eigenvalue weighted by molar-refractivity contribution is 0.0243. The predicted molar refractivity (Wildman–Crippen MR) is 112 cm³/mol. The summed E-state index contributed by atoms with van der Waals surface area (Å²) >= 11 is 0. The van der Waals surface area contributed by atoms with Gasteiger partial charge in [-0.3, -0.25) is 0 Å². The van der Waals surface area contributed by atoms with E-state index in [1.165, 1.54) is 5.56 Å². The first kappa shape index (κ1) is 19.4. The van der Waals surface area contributed by atoms with E-state index in [1.807, 2.05) is 31.1 Å². The van der Waals surface area contributed by atoms with Gasteiger partial charge in [0.2, 0.25) is 0 Å². The number of fused-ring (bicyclic) bond motifs is 1. The van der Waals surface area contributed by atoms with Gasteiger partial charge in [-0.25, -0.2) is 9.98 Å². The average Bonchev–Trinajstić information content (AvgIpc) is 3.10. The number of nitrogens with one attached hydrogen (secondary N) is 2. The molecule has 1 aromatic heterocycles. The third-order valence-electron chi connectivity index (χ3n) is 4.93. The van der Waals surface area contributed by atoms with Crippen LogP contribution in [-0.4, -0.2) is 50.3 Å². The number of pyridine rings is 1. The summed E-state index contributed by atoms with van der Waals surface area (Å²) in [5.41, 5.74) is 2.07. The van der Waals surface area contributed by atoms with Gasteiger partial charge in [0.1, 0.15) is 5.82 Å². The number of hydrogen-bond donors (Lipinski definition) is 2. The maximum atomic E-state index is 5.87. The second kappa shape index (κ2) is 8.57. The van der Waals surface area contributed by atoms with E-state index in [0.29, 0.717) is 6.54 Å². The minimum Gasteiger partial charge on any atom is -0.373 e. The van der Waals surface area contributed by atoms with Crippen molar-refractivity contribution < 1.29 is 4.74 Å². The summed E-state index contributed by atoms with van der Waals surface area (Å²) in [4.78, 5) is 11.6. The van der Waals surface area contributed by atoms with E-state index in [2.05, 4.69) is 42.7 Å². The molecule has 0 radical (unpaired) electrons. The van der Waals surface area contributed by atoms with E-state index in [-0.39, 0.29) is 5.60 Å². The molecule has 0 bridgehead atoms. The quantitative estimate of drug-likeness (QED) is 0.606. The van der Waals surface area contributed by atoms with Gasteiger partial charge in [-0.1, -0.05) is 18.2 Å². The van der Waals surface area contributed by atoms with E-state index in [0.717, 1.165) is 55.2 Å². The van der Waals surface area contributed by atoms with Crippen molar-refractivity contribution in [2.24, 2.45) is 4.99 Å². The molecular formula is C21H31N5O. The summed E-state index contributed by atoms with van der Waals surface area (Å²) in [6.07, 6.45) is 2.21. The van der Waals surface area contributed by atoms with E-state index >= 15 is 0 Å². The molecule has 2 heterocycles. The maximum absolute atomic E-state index is 5.87. The molecule has 0 spiro atoms. The van der Waals surface area contributed by atoms with Crippen LogP contribution in [-0.2, 0) is 11.3 Å². The molecular weight excluding hydrogens is 338 g/mol. The van der Waals surface area contributed by atoms with E-state index < -0.39 is 0 Å². The molecule has 0 aliphatic carbocycles. The molecule has 6 heteroatoms. The normalized spacial score (nSPS) is 20.1. The van der Waals surface area contributed by atoms with Gasteiger partial charge in [-0.2, -0.15) is 0 Å². The fraction of sp³-hybridized carbons (Fsp3) is 0.524. The first-order valence-corrected chi connectivity index (χ1v) is 9.73. The molecule has 6 nitrogen and oxygen atoms in total. The summed E-state index contributed by atoms with van der Waals surface area (Å²) < 4.78 is 5.87. The van der Waals surface area contributed by atoms with Crippen molar-refractivity contribution in [3.8, 4) is 0 Å². The molecule has 0 saturated carbocycles. The lowest BCUT2D eigenvalue weighted by atomic mass is 10.0. The van der Waals surface area contributed by atoms with Crippen LogP contribution < -0.4 is 15.5 Å². The number of aromatic nitrogens is 1. The predicted octanol–water partition coefficient (Wildman–Crippen LogP) is 2.93. The van der Waals surface area contributed by atoms with Crippen LogP contribution in [0.25, 0.3) is 10.9 Å². The highest BCUT2D eigenvalue weighted by Crippen LogP contribution is 2.24. The van der Waals surface area contributed by atoms with Gasteiger partial charge in [0.25, 0.3) is 0 Å². The van der Waals surface area contributed by atoms with E-state index in [9.17, 15) is 0 Å². The Morgan fingerprint density at radius 1 is 1.30 bits per heavy atom. The molecule has 1 aromatic carbocycles. The van der Waals surface area contributed by atoms with Gasteiger partial charge in [0.05, 0.1) is 17.7 Å². The van der Waals surface area contributed by atoms with Gasteiger partial charge < -0.3 is 20.3 Å². The van der Waals surface area contributed by atoms with Crippen molar-refractivity contribution in [1.82, 2.24) is 15.6 Å². The van der Waals surface area contributed by atoms with E-state index in [1.54, 1.807) is 0 Å². The number of rotatable bonds is 6. The zero-order valence-corrected chi connectivity index (χ0v) is 16.9. The van der Waals surface area contributed by atoms with Crippen molar-refractivity contribution in [2.45, 2.75) is 38.8 Å². The zero-order valence-electron chi connectivity index (χ0n) is 16.9. The minimum absolute atomic E-state index is 0.0996. The second-order valence-corrected chi connectivity index (χ2v) is 7.50. The van der Waals surface area contributed by atoms with Gasteiger partial charge >= 0.3 is 0 Å². The molecule has 1 unspecified atom stereocenters. The Kier molecular flexibility index (Phi) is 6.16. The van der Waals surface area contributed by atoms with Crippen LogP contribution in [0.1, 0.15) is 32.3 Å². The summed E-state index contributed by atoms with van der Waals surface area (Å²) in [6, 6.07) is 10.4. The summed E-state index contributed by atoms with van der Waals surface area (Å²) in [5.74, 6) is 1.77. The topological polar surface area (TPSA) is 61.8 Å². The summed E-state index contributed by atoms with van der Waals surface area (Å²) in [5, 5.41) is 7.93. The van der Waals surface area contributed by atoms with E-state index in [4.69, 9.17) is 14.7 Å². The molecule has 3 rings (SSSR count). The number of aliphatic imine (C=N–C) groups is 1. The molecule has 2 N–H and O–H groups in total.